The molecule has 5 heteroatoms. The first-order valence-electron chi connectivity index (χ1n) is 5.58. The molecule has 0 aliphatic rings. The number of ether oxygens (including phenoxy) is 1. The van der Waals surface area contributed by atoms with Crippen LogP contribution in [0, 0.1) is 5.82 Å². The van der Waals surface area contributed by atoms with Gasteiger partial charge in [-0.15, -0.1) is 0 Å². The van der Waals surface area contributed by atoms with Crippen LogP contribution in [0.4, 0.5) is 10.1 Å². The Labute approximate surface area is 118 Å². The van der Waals surface area contributed by atoms with Crippen molar-refractivity contribution in [1.29, 1.82) is 0 Å². The zero-order chi connectivity index (χ0) is 13.7. The number of hydrogen-bond acceptors (Lipinski definition) is 2. The van der Waals surface area contributed by atoms with Crippen LogP contribution in [-0.2, 0) is 4.79 Å². The first-order valence-corrected chi connectivity index (χ1v) is 6.37. The molecule has 0 bridgehead atoms. The van der Waals surface area contributed by atoms with Gasteiger partial charge in [0.05, 0.1) is 0 Å². The summed E-state index contributed by atoms with van der Waals surface area (Å²) in [4.78, 5) is 11.6. The summed E-state index contributed by atoms with van der Waals surface area (Å²) in [5.41, 5.74) is 0.672. The van der Waals surface area contributed by atoms with E-state index in [-0.39, 0.29) is 18.3 Å². The maximum absolute atomic E-state index is 13.4. The largest absolute Gasteiger partial charge is 0.481 e. The standard InChI is InChI=1S/C14H11BrFNO2/c15-10-6-7-12(16)13(8-10)19-9-14(18)17-11-4-2-1-3-5-11/h1-8H,9H2,(H,17,18). The fourth-order valence-corrected chi connectivity index (χ4v) is 1.79. The van der Waals surface area contributed by atoms with Gasteiger partial charge >= 0.3 is 0 Å². The third-order valence-corrected chi connectivity index (χ3v) is 2.80. The predicted octanol–water partition coefficient (Wildman–Crippen LogP) is 3.61. The minimum absolute atomic E-state index is 0.0394. The highest BCUT2D eigenvalue weighted by Crippen LogP contribution is 2.22. The molecule has 0 saturated heterocycles. The average molecular weight is 324 g/mol. The maximum Gasteiger partial charge on any atom is 0.262 e. The highest BCUT2D eigenvalue weighted by atomic mass is 79.9. The van der Waals surface area contributed by atoms with Crippen molar-refractivity contribution in [2.75, 3.05) is 11.9 Å². The quantitative estimate of drug-likeness (QED) is 0.933. The van der Waals surface area contributed by atoms with Crippen molar-refractivity contribution in [1.82, 2.24) is 0 Å². The Hall–Kier alpha value is -1.88. The monoisotopic (exact) mass is 323 g/mol. The number of para-hydroxylation sites is 1. The van der Waals surface area contributed by atoms with Crippen molar-refractivity contribution in [2.24, 2.45) is 0 Å². The topological polar surface area (TPSA) is 38.3 Å². The zero-order valence-electron chi connectivity index (χ0n) is 9.90. The summed E-state index contributed by atoms with van der Waals surface area (Å²) < 4.78 is 19.2. The number of carbonyl (C=O) groups excluding carboxylic acids is 1. The van der Waals surface area contributed by atoms with Gasteiger partial charge in [-0.2, -0.15) is 0 Å². The van der Waals surface area contributed by atoms with Crippen molar-refractivity contribution in [3.63, 3.8) is 0 Å². The minimum atomic E-state index is -0.504. The molecule has 19 heavy (non-hydrogen) atoms. The zero-order valence-corrected chi connectivity index (χ0v) is 11.5. The molecule has 0 aliphatic heterocycles. The Balaban J connectivity index is 1.92. The Morgan fingerprint density at radius 2 is 1.95 bits per heavy atom. The van der Waals surface area contributed by atoms with E-state index in [9.17, 15) is 9.18 Å². The number of nitrogens with one attached hydrogen (secondary N) is 1. The number of carbonyl (C=O) groups is 1. The summed E-state index contributed by atoms with van der Waals surface area (Å²) >= 11 is 3.21. The Bertz CT molecular complexity index is 575. The number of anilines is 1. The fraction of sp³-hybridized carbons (Fsp3) is 0.0714. The molecule has 0 heterocycles. The van der Waals surface area contributed by atoms with Gasteiger partial charge in [0.1, 0.15) is 0 Å². The molecule has 2 rings (SSSR count). The summed E-state index contributed by atoms with van der Waals surface area (Å²) in [6.07, 6.45) is 0. The van der Waals surface area contributed by atoms with Crippen LogP contribution in [0.1, 0.15) is 0 Å². The Morgan fingerprint density at radius 1 is 1.21 bits per heavy atom. The van der Waals surface area contributed by atoms with Crippen LogP contribution in [0.25, 0.3) is 0 Å². The van der Waals surface area contributed by atoms with Gasteiger partial charge in [-0.1, -0.05) is 34.1 Å². The molecule has 0 unspecified atom stereocenters. The lowest BCUT2D eigenvalue weighted by Gasteiger charge is -2.08. The van der Waals surface area contributed by atoms with Crippen LogP contribution in [-0.4, -0.2) is 12.5 Å². The van der Waals surface area contributed by atoms with Crippen LogP contribution < -0.4 is 10.1 Å². The van der Waals surface area contributed by atoms with E-state index in [0.717, 1.165) is 0 Å². The van der Waals surface area contributed by atoms with E-state index < -0.39 is 5.82 Å². The molecule has 0 saturated carbocycles. The minimum Gasteiger partial charge on any atom is -0.481 e. The van der Waals surface area contributed by atoms with Gasteiger partial charge in [0.25, 0.3) is 5.91 Å². The molecule has 0 aliphatic carbocycles. The van der Waals surface area contributed by atoms with Gasteiger partial charge in [-0.05, 0) is 30.3 Å². The first-order chi connectivity index (χ1) is 9.15. The number of rotatable bonds is 4. The third-order valence-electron chi connectivity index (χ3n) is 2.31. The summed E-state index contributed by atoms with van der Waals surface area (Å²) in [5.74, 6) is -0.807. The molecular formula is C14H11BrFNO2. The van der Waals surface area contributed by atoms with Gasteiger partial charge in [0.2, 0.25) is 0 Å². The van der Waals surface area contributed by atoms with Crippen molar-refractivity contribution < 1.29 is 13.9 Å². The van der Waals surface area contributed by atoms with Gasteiger partial charge in [0.15, 0.2) is 18.2 Å². The lowest BCUT2D eigenvalue weighted by Crippen LogP contribution is -2.20. The molecular weight excluding hydrogens is 313 g/mol. The number of amides is 1. The molecule has 2 aromatic carbocycles. The van der Waals surface area contributed by atoms with E-state index in [4.69, 9.17) is 4.74 Å². The molecule has 0 spiro atoms. The highest BCUT2D eigenvalue weighted by Gasteiger charge is 2.07. The summed E-state index contributed by atoms with van der Waals surface area (Å²) in [6.45, 7) is -0.248. The third kappa shape index (κ3) is 4.06. The smallest absolute Gasteiger partial charge is 0.262 e. The molecule has 2 aromatic rings. The molecule has 0 atom stereocenters. The van der Waals surface area contributed by atoms with Gasteiger partial charge in [-0.3, -0.25) is 4.79 Å². The van der Waals surface area contributed by atoms with Crippen LogP contribution in [0.2, 0.25) is 0 Å². The molecule has 0 aromatic heterocycles. The van der Waals surface area contributed by atoms with Crippen LogP contribution in [0.3, 0.4) is 0 Å². The summed E-state index contributed by atoms with van der Waals surface area (Å²) in [6, 6.07) is 13.3. The number of hydrogen-bond donors (Lipinski definition) is 1. The van der Waals surface area contributed by atoms with Crippen molar-refractivity contribution >= 4 is 27.5 Å². The second-order valence-electron chi connectivity index (χ2n) is 3.78. The summed E-state index contributed by atoms with van der Waals surface area (Å²) in [5, 5.41) is 2.65. The van der Waals surface area contributed by atoms with Crippen LogP contribution in [0.15, 0.2) is 53.0 Å². The molecule has 1 N–H and O–H groups in total. The van der Waals surface area contributed by atoms with Crippen molar-refractivity contribution in [3.05, 3.63) is 58.8 Å². The van der Waals surface area contributed by atoms with E-state index in [0.29, 0.717) is 10.2 Å². The Morgan fingerprint density at radius 3 is 2.68 bits per heavy atom. The summed E-state index contributed by atoms with van der Waals surface area (Å²) in [7, 11) is 0. The fourth-order valence-electron chi connectivity index (χ4n) is 1.45. The maximum atomic E-state index is 13.4. The highest BCUT2D eigenvalue weighted by molar-refractivity contribution is 9.10. The molecule has 1 amide bonds. The Kier molecular flexibility index (Phi) is 4.52. The molecule has 0 fully saturated rings. The first kappa shape index (κ1) is 13.5. The van der Waals surface area contributed by atoms with Crippen molar-refractivity contribution in [3.8, 4) is 5.75 Å². The lowest BCUT2D eigenvalue weighted by molar-refractivity contribution is -0.118. The van der Waals surface area contributed by atoms with E-state index >= 15 is 0 Å². The number of halogens is 2. The second-order valence-corrected chi connectivity index (χ2v) is 4.69. The molecule has 0 radical (unpaired) electrons. The number of benzene rings is 2. The lowest BCUT2D eigenvalue weighted by atomic mass is 10.3. The predicted molar refractivity (Wildman–Crippen MR) is 74.7 cm³/mol. The van der Waals surface area contributed by atoms with E-state index in [1.54, 1.807) is 18.2 Å². The van der Waals surface area contributed by atoms with Crippen LogP contribution >= 0.6 is 15.9 Å². The molecule has 98 valence electrons. The normalized spacial score (nSPS) is 10.0. The van der Waals surface area contributed by atoms with Gasteiger partial charge < -0.3 is 10.1 Å². The van der Waals surface area contributed by atoms with Gasteiger partial charge in [0, 0.05) is 10.2 Å². The van der Waals surface area contributed by atoms with Crippen LogP contribution in [0.5, 0.6) is 5.75 Å². The SMILES string of the molecule is O=C(COc1cc(Br)ccc1F)Nc1ccccc1. The second kappa shape index (κ2) is 6.33. The van der Waals surface area contributed by atoms with E-state index in [1.807, 2.05) is 18.2 Å². The van der Waals surface area contributed by atoms with E-state index in [1.165, 1.54) is 12.1 Å². The average Bonchev–Trinajstić information content (AvgIpc) is 2.41. The van der Waals surface area contributed by atoms with Gasteiger partial charge in [-0.25, -0.2) is 4.39 Å². The van der Waals surface area contributed by atoms with E-state index in [2.05, 4.69) is 21.2 Å². The molecule has 3 nitrogen and oxygen atoms in total. The van der Waals surface area contributed by atoms with Crippen molar-refractivity contribution in [2.45, 2.75) is 0 Å².